The molecule has 0 spiro atoms. The molecule has 0 amide bonds. The molecule has 0 aliphatic rings. The van der Waals surface area contributed by atoms with Crippen molar-refractivity contribution in [2.45, 2.75) is 32.3 Å². The van der Waals surface area contributed by atoms with Gasteiger partial charge in [-0.15, -0.1) is 0 Å². The van der Waals surface area contributed by atoms with Gasteiger partial charge in [0, 0.05) is 29.4 Å². The third-order valence-electron chi connectivity index (χ3n) is 5.29. The Balaban J connectivity index is 2.21. The van der Waals surface area contributed by atoms with Crippen LogP contribution in [-0.2, 0) is 13.9 Å². The predicted molar refractivity (Wildman–Crippen MR) is 128 cm³/mol. The Labute approximate surface area is 192 Å². The molecule has 0 radical (unpaired) electrons. The average molecular weight is 471 g/mol. The zero-order valence-corrected chi connectivity index (χ0v) is 19.6. The molecule has 8 heteroatoms. The molecule has 2 atom stereocenters. The lowest BCUT2D eigenvalue weighted by atomic mass is 9.91. The highest BCUT2D eigenvalue weighted by atomic mass is 31.2. The van der Waals surface area contributed by atoms with Crippen LogP contribution >= 0.6 is 7.37 Å². The molecule has 0 aliphatic heterocycles. The number of hydrogen-bond donors (Lipinski definition) is 2. The molecule has 33 heavy (non-hydrogen) atoms. The zero-order valence-electron chi connectivity index (χ0n) is 18.7. The van der Waals surface area contributed by atoms with Crippen LogP contribution in [0.2, 0.25) is 0 Å². The normalized spacial score (nSPS) is 14.6. The van der Waals surface area contributed by atoms with Crippen LogP contribution in [0.25, 0.3) is 28.1 Å². The number of aliphatic hydroxyl groups excluding tert-OH is 1. The maximum absolute atomic E-state index is 13.6. The summed E-state index contributed by atoms with van der Waals surface area (Å²) in [5.74, 6) is -0.126. The van der Waals surface area contributed by atoms with Crippen molar-refractivity contribution in [2.75, 3.05) is 13.3 Å². The summed E-state index contributed by atoms with van der Waals surface area (Å²) >= 11 is 0. The van der Waals surface area contributed by atoms with Crippen molar-refractivity contribution in [1.29, 1.82) is 0 Å². The number of carboxylic acids is 1. The molecule has 3 rings (SSSR count). The second-order valence-electron chi connectivity index (χ2n) is 8.12. The lowest BCUT2D eigenvalue weighted by Crippen LogP contribution is -2.17. The number of aliphatic carboxylic acids is 1. The summed E-state index contributed by atoms with van der Waals surface area (Å²) in [5.41, 5.74) is 3.84. The minimum Gasteiger partial charge on any atom is -0.481 e. The van der Waals surface area contributed by atoms with E-state index in [-0.39, 0.29) is 17.9 Å². The summed E-state index contributed by atoms with van der Waals surface area (Å²) in [6, 6.07) is 13.8. The minimum atomic E-state index is -3.49. The summed E-state index contributed by atoms with van der Waals surface area (Å²) in [7, 11) is -2.22. The SMILES string of the molecule is COP(=O)(C=Cc1c(C(C)C)nc2ccccc2c1-c1ccc(F)cc1)CC(O)CC(=O)O. The molecule has 6 nitrogen and oxygen atoms in total. The van der Waals surface area contributed by atoms with Crippen LogP contribution in [0.1, 0.15) is 37.4 Å². The minimum absolute atomic E-state index is 0.0213. The fraction of sp³-hybridized carbons (Fsp3) is 0.280. The lowest BCUT2D eigenvalue weighted by molar-refractivity contribution is -0.138. The molecule has 2 unspecified atom stereocenters. The van der Waals surface area contributed by atoms with E-state index in [1.807, 2.05) is 38.1 Å². The summed E-state index contributed by atoms with van der Waals surface area (Å²) < 4.78 is 32.1. The molecule has 2 N–H and O–H groups in total. The van der Waals surface area contributed by atoms with E-state index >= 15 is 0 Å². The van der Waals surface area contributed by atoms with Gasteiger partial charge in [-0.25, -0.2) is 4.39 Å². The van der Waals surface area contributed by atoms with Gasteiger partial charge in [-0.05, 0) is 35.8 Å². The molecule has 0 saturated carbocycles. The summed E-state index contributed by atoms with van der Waals surface area (Å²) in [6.07, 6.45) is -0.508. The highest BCUT2D eigenvalue weighted by Gasteiger charge is 2.25. The zero-order chi connectivity index (χ0) is 24.2. The first-order chi connectivity index (χ1) is 15.6. The van der Waals surface area contributed by atoms with Gasteiger partial charge in [-0.3, -0.25) is 14.3 Å². The van der Waals surface area contributed by atoms with E-state index in [1.165, 1.54) is 25.1 Å². The molecule has 0 fully saturated rings. The molecular formula is C25H27FNO5P. The number of nitrogens with zero attached hydrogens (tertiary/aromatic N) is 1. The van der Waals surface area contributed by atoms with E-state index in [4.69, 9.17) is 14.6 Å². The number of aliphatic hydroxyl groups is 1. The molecule has 1 aromatic heterocycles. The van der Waals surface area contributed by atoms with Gasteiger partial charge in [0.2, 0.25) is 7.37 Å². The van der Waals surface area contributed by atoms with E-state index in [9.17, 15) is 18.9 Å². The van der Waals surface area contributed by atoms with Crippen LogP contribution in [0.15, 0.2) is 54.3 Å². The summed E-state index contributed by atoms with van der Waals surface area (Å²) in [4.78, 5) is 15.7. The van der Waals surface area contributed by atoms with Crippen LogP contribution in [0.3, 0.4) is 0 Å². The second-order valence-corrected chi connectivity index (χ2v) is 10.6. The van der Waals surface area contributed by atoms with Gasteiger partial charge in [0.05, 0.1) is 29.9 Å². The molecule has 174 valence electrons. The van der Waals surface area contributed by atoms with Gasteiger partial charge in [0.1, 0.15) is 5.82 Å². The fourth-order valence-corrected chi connectivity index (χ4v) is 5.21. The van der Waals surface area contributed by atoms with Gasteiger partial charge < -0.3 is 14.7 Å². The molecule has 0 aliphatic carbocycles. The third-order valence-corrected chi connectivity index (χ3v) is 7.44. The molecule has 3 aromatic rings. The molecule has 2 aromatic carbocycles. The number of carboxylic acid groups (broad SMARTS) is 1. The maximum Gasteiger partial charge on any atom is 0.305 e. The lowest BCUT2D eigenvalue weighted by Gasteiger charge is -2.19. The average Bonchev–Trinajstić information content (AvgIpc) is 2.76. The van der Waals surface area contributed by atoms with E-state index in [1.54, 1.807) is 18.2 Å². The van der Waals surface area contributed by atoms with Crippen LogP contribution in [0.5, 0.6) is 0 Å². The maximum atomic E-state index is 13.6. The van der Waals surface area contributed by atoms with Crippen LogP contribution in [-0.4, -0.2) is 40.5 Å². The van der Waals surface area contributed by atoms with Crippen LogP contribution in [0, 0.1) is 5.82 Å². The van der Waals surface area contributed by atoms with Crippen molar-refractivity contribution in [2.24, 2.45) is 0 Å². The number of fused-ring (bicyclic) bond motifs is 1. The van der Waals surface area contributed by atoms with Gasteiger partial charge >= 0.3 is 5.97 Å². The van der Waals surface area contributed by atoms with Crippen molar-refractivity contribution < 1.29 is 28.5 Å². The topological polar surface area (TPSA) is 96.7 Å². The predicted octanol–water partition coefficient (Wildman–Crippen LogP) is 5.90. The Morgan fingerprint density at radius 2 is 1.85 bits per heavy atom. The van der Waals surface area contributed by atoms with Crippen molar-refractivity contribution in [3.63, 3.8) is 0 Å². The highest BCUT2D eigenvalue weighted by molar-refractivity contribution is 7.62. The van der Waals surface area contributed by atoms with Crippen LogP contribution in [0.4, 0.5) is 4.39 Å². The monoisotopic (exact) mass is 471 g/mol. The van der Waals surface area contributed by atoms with Gasteiger partial charge in [-0.1, -0.05) is 44.2 Å². The van der Waals surface area contributed by atoms with Gasteiger partial charge in [0.25, 0.3) is 0 Å². The van der Waals surface area contributed by atoms with Crippen molar-refractivity contribution >= 4 is 30.3 Å². The first kappa shape index (κ1) is 24.8. The van der Waals surface area contributed by atoms with Crippen molar-refractivity contribution in [3.05, 3.63) is 71.4 Å². The van der Waals surface area contributed by atoms with Gasteiger partial charge in [-0.2, -0.15) is 0 Å². The number of benzene rings is 2. The first-order valence-corrected chi connectivity index (χ1v) is 12.4. The largest absolute Gasteiger partial charge is 0.481 e. The standard InChI is InChI=1S/C25H27FNO5P/c1-16(2)25-21(12-13-33(31,32-3)15-19(28)14-23(29)30)24(17-8-10-18(26)11-9-17)20-6-4-5-7-22(20)27-25/h4-13,16,19,28H,14-15H2,1-3H3,(H,29,30). The molecule has 1 heterocycles. The number of para-hydroxylation sites is 1. The number of aromatic nitrogens is 1. The highest BCUT2D eigenvalue weighted by Crippen LogP contribution is 2.50. The summed E-state index contributed by atoms with van der Waals surface area (Å²) in [6.45, 7) is 3.99. The number of pyridine rings is 1. The number of rotatable bonds is 9. The van der Waals surface area contributed by atoms with E-state index in [2.05, 4.69) is 0 Å². The Kier molecular flexibility index (Phi) is 7.80. The smallest absolute Gasteiger partial charge is 0.305 e. The molecular weight excluding hydrogens is 444 g/mol. The third kappa shape index (κ3) is 5.93. The molecule has 0 saturated heterocycles. The number of halogens is 1. The molecule has 0 bridgehead atoms. The Bertz CT molecular complexity index is 1220. The Morgan fingerprint density at radius 1 is 1.18 bits per heavy atom. The summed E-state index contributed by atoms with van der Waals surface area (Å²) in [5, 5.41) is 19.8. The number of carbonyl (C=O) groups is 1. The van der Waals surface area contributed by atoms with Crippen molar-refractivity contribution in [1.82, 2.24) is 4.98 Å². The fourth-order valence-electron chi connectivity index (χ4n) is 3.73. The Hall–Kier alpha value is -2.86. The van der Waals surface area contributed by atoms with E-state index in [0.29, 0.717) is 5.56 Å². The Morgan fingerprint density at radius 3 is 2.45 bits per heavy atom. The quantitative estimate of drug-likeness (QED) is 0.378. The number of hydrogen-bond acceptors (Lipinski definition) is 5. The first-order valence-electron chi connectivity index (χ1n) is 10.6. The van der Waals surface area contributed by atoms with Gasteiger partial charge in [0.15, 0.2) is 0 Å². The van der Waals surface area contributed by atoms with Crippen LogP contribution < -0.4 is 0 Å². The van der Waals surface area contributed by atoms with E-state index in [0.717, 1.165) is 27.7 Å². The van der Waals surface area contributed by atoms with Crippen molar-refractivity contribution in [3.8, 4) is 11.1 Å². The van der Waals surface area contributed by atoms with E-state index < -0.39 is 25.9 Å². The second kappa shape index (κ2) is 10.4.